The first-order chi connectivity index (χ1) is 11.2. The lowest BCUT2D eigenvalue weighted by molar-refractivity contribution is 0.0636. The van der Waals surface area contributed by atoms with Crippen LogP contribution in [0.25, 0.3) is 11.4 Å². The van der Waals surface area contributed by atoms with Crippen molar-refractivity contribution in [1.82, 2.24) is 20.0 Å². The summed E-state index contributed by atoms with van der Waals surface area (Å²) in [6, 6.07) is 3.19. The molecule has 0 aromatic carbocycles. The number of carboxylic acid groups (broad SMARTS) is 1. The molecular weight excluding hydrogens is 316 g/mol. The lowest BCUT2D eigenvalue weighted by atomic mass is 10.2. The Labute approximate surface area is 137 Å². The normalized spacial score (nSPS) is 11.0. The minimum atomic E-state index is -1.23. The second-order valence-electron chi connectivity index (χ2n) is 5.90. The molecule has 3 N–H and O–H groups in total. The molecule has 0 aliphatic heterocycles. The third-order valence-corrected chi connectivity index (χ3v) is 2.70. The maximum absolute atomic E-state index is 11.7. The number of carbonyl (C=O) groups excluding carboxylic acids is 1. The Morgan fingerprint density at radius 3 is 2.50 bits per heavy atom. The molecule has 0 saturated carbocycles. The van der Waals surface area contributed by atoms with Crippen LogP contribution in [0.15, 0.2) is 18.3 Å². The summed E-state index contributed by atoms with van der Waals surface area (Å²) >= 11 is 0. The molecule has 24 heavy (non-hydrogen) atoms. The van der Waals surface area contributed by atoms with Gasteiger partial charge in [-0.25, -0.2) is 14.3 Å². The number of ether oxygens (including phenoxy) is 1. The van der Waals surface area contributed by atoms with Crippen LogP contribution in [-0.4, -0.2) is 42.9 Å². The highest BCUT2D eigenvalue weighted by Gasteiger charge is 2.18. The summed E-state index contributed by atoms with van der Waals surface area (Å²) in [6.45, 7) is 5.29. The van der Waals surface area contributed by atoms with E-state index in [0.717, 1.165) is 0 Å². The highest BCUT2D eigenvalue weighted by molar-refractivity contribution is 5.87. The topological polar surface area (TPSA) is 131 Å². The van der Waals surface area contributed by atoms with E-state index in [1.165, 1.54) is 10.9 Å². The summed E-state index contributed by atoms with van der Waals surface area (Å²) in [5.74, 6) is 0.197. The van der Waals surface area contributed by atoms with E-state index < -0.39 is 17.8 Å². The highest BCUT2D eigenvalue weighted by atomic mass is 16.6. The van der Waals surface area contributed by atoms with Crippen LogP contribution in [0.1, 0.15) is 20.8 Å². The molecule has 2 heterocycles. The van der Waals surface area contributed by atoms with E-state index in [1.807, 2.05) is 0 Å². The quantitative estimate of drug-likeness (QED) is 0.784. The number of hydrogen-bond acceptors (Lipinski definition) is 6. The molecule has 2 amide bonds. The number of aryl methyl sites for hydroxylation is 1. The molecule has 0 unspecified atom stereocenters. The smallest absolute Gasteiger partial charge is 0.412 e. The van der Waals surface area contributed by atoms with Gasteiger partial charge < -0.3 is 9.84 Å². The van der Waals surface area contributed by atoms with Crippen molar-refractivity contribution in [3.8, 4) is 11.4 Å². The lowest BCUT2D eigenvalue weighted by Gasteiger charge is -2.19. The zero-order valence-corrected chi connectivity index (χ0v) is 13.7. The largest absolute Gasteiger partial charge is 0.465 e. The van der Waals surface area contributed by atoms with Crippen molar-refractivity contribution in [3.63, 3.8) is 0 Å². The summed E-state index contributed by atoms with van der Waals surface area (Å²) in [5.41, 5.74) is 0.518. The third kappa shape index (κ3) is 4.41. The van der Waals surface area contributed by atoms with Gasteiger partial charge in [0.2, 0.25) is 0 Å². The molecule has 0 spiro atoms. The minimum Gasteiger partial charge on any atom is -0.465 e. The molecule has 0 bridgehead atoms. The van der Waals surface area contributed by atoms with Crippen LogP contribution in [0.5, 0.6) is 0 Å². The van der Waals surface area contributed by atoms with E-state index in [2.05, 4.69) is 25.9 Å². The predicted molar refractivity (Wildman–Crippen MR) is 85.7 cm³/mol. The molecule has 10 heteroatoms. The Morgan fingerprint density at radius 1 is 1.25 bits per heavy atom. The molecule has 0 aliphatic carbocycles. The number of nitrogens with zero attached hydrogens (tertiary/aromatic N) is 4. The zero-order chi connectivity index (χ0) is 17.9. The molecule has 0 fully saturated rings. The first-order valence-electron chi connectivity index (χ1n) is 7.02. The van der Waals surface area contributed by atoms with Crippen LogP contribution in [0.2, 0.25) is 0 Å². The van der Waals surface area contributed by atoms with Crippen molar-refractivity contribution in [1.29, 1.82) is 0 Å². The maximum atomic E-state index is 11.7. The SMILES string of the molecule is Cn1nnc(-c2ccc(NC(=O)OC(C)(C)C)cn2)c1NC(=O)O. The van der Waals surface area contributed by atoms with Gasteiger partial charge in [-0.2, -0.15) is 0 Å². The maximum Gasteiger partial charge on any atom is 0.412 e. The number of hydrogen-bond donors (Lipinski definition) is 3. The van der Waals surface area contributed by atoms with E-state index >= 15 is 0 Å². The fourth-order valence-corrected chi connectivity index (χ4v) is 1.80. The van der Waals surface area contributed by atoms with Crippen LogP contribution < -0.4 is 10.6 Å². The van der Waals surface area contributed by atoms with Crippen molar-refractivity contribution in [3.05, 3.63) is 18.3 Å². The number of amides is 2. The molecule has 2 aromatic rings. The van der Waals surface area contributed by atoms with Gasteiger partial charge >= 0.3 is 12.2 Å². The minimum absolute atomic E-state index is 0.197. The van der Waals surface area contributed by atoms with E-state index in [4.69, 9.17) is 9.84 Å². The summed E-state index contributed by atoms with van der Waals surface area (Å²) in [6.07, 6.45) is -0.409. The van der Waals surface area contributed by atoms with Crippen LogP contribution >= 0.6 is 0 Å². The number of carbonyl (C=O) groups is 2. The van der Waals surface area contributed by atoms with Crippen LogP contribution in [0, 0.1) is 0 Å². The molecule has 2 aromatic heterocycles. The van der Waals surface area contributed by atoms with Crippen molar-refractivity contribution in [2.45, 2.75) is 26.4 Å². The molecule has 0 radical (unpaired) electrons. The lowest BCUT2D eigenvalue weighted by Crippen LogP contribution is -2.27. The van der Waals surface area contributed by atoms with Crippen molar-refractivity contribution >= 4 is 23.7 Å². The summed E-state index contributed by atoms with van der Waals surface area (Å²) < 4.78 is 6.43. The van der Waals surface area contributed by atoms with Crippen molar-refractivity contribution in [2.24, 2.45) is 7.05 Å². The molecule has 0 atom stereocenters. The number of aromatic nitrogens is 4. The molecule has 2 rings (SSSR count). The zero-order valence-electron chi connectivity index (χ0n) is 13.7. The predicted octanol–water partition coefficient (Wildman–Crippen LogP) is 2.31. The average molecular weight is 334 g/mol. The molecule has 128 valence electrons. The first-order valence-corrected chi connectivity index (χ1v) is 7.02. The first kappa shape index (κ1) is 17.2. The number of anilines is 2. The Bertz CT molecular complexity index is 748. The van der Waals surface area contributed by atoms with Crippen LogP contribution in [0.4, 0.5) is 21.1 Å². The second kappa shape index (κ2) is 6.52. The van der Waals surface area contributed by atoms with Gasteiger partial charge in [0, 0.05) is 7.05 Å². The van der Waals surface area contributed by atoms with Gasteiger partial charge in [-0.15, -0.1) is 5.10 Å². The molecular formula is C14H18N6O4. The molecule has 10 nitrogen and oxygen atoms in total. The van der Waals surface area contributed by atoms with Crippen LogP contribution in [-0.2, 0) is 11.8 Å². The Balaban J connectivity index is 2.16. The number of nitrogens with one attached hydrogen (secondary N) is 2. The molecule has 0 aliphatic rings. The Morgan fingerprint density at radius 2 is 1.96 bits per heavy atom. The van der Waals surface area contributed by atoms with Gasteiger partial charge in [-0.3, -0.25) is 15.6 Å². The van der Waals surface area contributed by atoms with Gasteiger partial charge in [-0.1, -0.05) is 5.21 Å². The van der Waals surface area contributed by atoms with Gasteiger partial charge in [0.25, 0.3) is 0 Å². The number of rotatable bonds is 3. The second-order valence-corrected chi connectivity index (χ2v) is 5.90. The van der Waals surface area contributed by atoms with Crippen molar-refractivity contribution in [2.75, 3.05) is 10.6 Å². The standard InChI is InChI=1S/C14H18N6O4/c1-14(2,3)24-13(23)16-8-5-6-9(15-7-8)10-11(17-12(21)22)20(4)19-18-10/h5-7,17H,1-4H3,(H,16,23)(H,21,22). The Kier molecular flexibility index (Phi) is 4.67. The monoisotopic (exact) mass is 334 g/mol. The van der Waals surface area contributed by atoms with E-state index in [-0.39, 0.29) is 11.5 Å². The Hall–Kier alpha value is -3.17. The van der Waals surface area contributed by atoms with Crippen molar-refractivity contribution < 1.29 is 19.4 Å². The fraction of sp³-hybridized carbons (Fsp3) is 0.357. The van der Waals surface area contributed by atoms with Crippen LogP contribution in [0.3, 0.4) is 0 Å². The number of pyridine rings is 1. The molecule has 0 saturated heterocycles. The van der Waals surface area contributed by atoms with E-state index in [1.54, 1.807) is 40.0 Å². The van der Waals surface area contributed by atoms with Gasteiger partial charge in [0.15, 0.2) is 11.5 Å². The average Bonchev–Trinajstić information content (AvgIpc) is 2.78. The van der Waals surface area contributed by atoms with Gasteiger partial charge in [0.1, 0.15) is 5.60 Å². The summed E-state index contributed by atoms with van der Waals surface area (Å²) in [5, 5.41) is 21.3. The van der Waals surface area contributed by atoms with E-state index in [0.29, 0.717) is 11.4 Å². The summed E-state index contributed by atoms with van der Waals surface area (Å²) in [4.78, 5) is 26.7. The van der Waals surface area contributed by atoms with Gasteiger partial charge in [-0.05, 0) is 32.9 Å². The summed E-state index contributed by atoms with van der Waals surface area (Å²) in [7, 11) is 1.56. The van der Waals surface area contributed by atoms with E-state index in [9.17, 15) is 9.59 Å². The van der Waals surface area contributed by atoms with Gasteiger partial charge in [0.05, 0.1) is 17.6 Å². The highest BCUT2D eigenvalue weighted by Crippen LogP contribution is 2.24. The fourth-order valence-electron chi connectivity index (χ4n) is 1.80. The third-order valence-electron chi connectivity index (χ3n) is 2.70.